The van der Waals surface area contributed by atoms with Crippen molar-refractivity contribution in [1.82, 2.24) is 0 Å². The zero-order valence-electron chi connectivity index (χ0n) is 46.1. The van der Waals surface area contributed by atoms with Gasteiger partial charge in [0.25, 0.3) is 0 Å². The molecule has 0 N–H and O–H groups in total. The number of rotatable bonds is 20. The lowest BCUT2D eigenvalue weighted by Crippen LogP contribution is -2.67. The molecule has 0 radical (unpaired) electrons. The zero-order chi connectivity index (χ0) is 60.0. The maximum absolute atomic E-state index is 14.5. The summed E-state index contributed by atoms with van der Waals surface area (Å²) in [7, 11) is 1.23. The van der Waals surface area contributed by atoms with Gasteiger partial charge in [0.15, 0.2) is 61.8 Å². The van der Waals surface area contributed by atoms with Gasteiger partial charge in [-0.2, -0.15) is 0 Å². The fourth-order valence-corrected chi connectivity index (χ4v) is 9.98. The summed E-state index contributed by atoms with van der Waals surface area (Å²) in [6, 6.07) is 38.3. The second-order valence-electron chi connectivity index (χ2n) is 19.6. The summed E-state index contributed by atoms with van der Waals surface area (Å²) in [5, 5.41) is 4.12. The number of ether oxygens (including phenoxy) is 15. The SMILES string of the molecule is CO[C@H]1O[C@H](CO[C@@H]2O[C@@H]3COC(c4ccccc4)O[C@H]3[C@H](O[C@@H]3O[C@H](COC(=O)c4ccccc4)[C@H](OC(=O)c4ccccc4)[C@H](OC(=O)c4ccccc4)[C@H]3OC(=O)c3ccccc3)[C@H]2N=[N+]=[N-])[C@@H](OC(C)=O)[C@H](OC(C)=O)[C@H]1OC(C)=O. The molecule has 4 heterocycles. The van der Waals surface area contributed by atoms with E-state index in [4.69, 9.17) is 71.1 Å². The smallest absolute Gasteiger partial charge is 0.338 e. The Morgan fingerprint density at radius 1 is 0.482 bits per heavy atom. The highest BCUT2D eigenvalue weighted by Gasteiger charge is 2.59. The first-order valence-corrected chi connectivity index (χ1v) is 26.8. The number of nitrogens with zero attached hydrogens (tertiary/aromatic N) is 3. The van der Waals surface area contributed by atoms with E-state index in [-0.39, 0.29) is 28.9 Å². The molecule has 9 rings (SSSR count). The molecule has 0 spiro atoms. The van der Waals surface area contributed by atoms with Crippen LogP contribution in [0.2, 0.25) is 0 Å². The molecule has 4 saturated heterocycles. The summed E-state index contributed by atoms with van der Waals surface area (Å²) in [4.78, 5) is 97.8. The van der Waals surface area contributed by atoms with Crippen LogP contribution >= 0.6 is 0 Å². The first kappa shape index (κ1) is 61.0. The largest absolute Gasteiger partial charge is 0.459 e. The third kappa shape index (κ3) is 15.2. The van der Waals surface area contributed by atoms with E-state index >= 15 is 0 Å². The van der Waals surface area contributed by atoms with Gasteiger partial charge in [0, 0.05) is 38.4 Å². The van der Waals surface area contributed by atoms with E-state index in [0.29, 0.717) is 5.56 Å². The van der Waals surface area contributed by atoms with Gasteiger partial charge in [0.05, 0.1) is 35.5 Å². The van der Waals surface area contributed by atoms with Crippen molar-refractivity contribution in [1.29, 1.82) is 0 Å². The number of benzene rings is 5. The van der Waals surface area contributed by atoms with Gasteiger partial charge in [-0.3, -0.25) is 14.4 Å². The molecular formula is C60H59N3O22. The molecule has 0 aromatic heterocycles. The zero-order valence-corrected chi connectivity index (χ0v) is 46.1. The second kappa shape index (κ2) is 28.8. The van der Waals surface area contributed by atoms with Crippen molar-refractivity contribution in [2.45, 2.75) is 119 Å². The Kier molecular flexibility index (Phi) is 20.6. The fourth-order valence-electron chi connectivity index (χ4n) is 9.98. The average Bonchev–Trinajstić information content (AvgIpc) is 2.84. The summed E-state index contributed by atoms with van der Waals surface area (Å²) < 4.78 is 92.7. The molecule has 4 aliphatic rings. The highest BCUT2D eigenvalue weighted by Crippen LogP contribution is 2.41. The first-order chi connectivity index (χ1) is 41.2. The van der Waals surface area contributed by atoms with Crippen LogP contribution in [0, 0.1) is 0 Å². The summed E-state index contributed by atoms with van der Waals surface area (Å²) in [5.41, 5.74) is 11.2. The lowest BCUT2D eigenvalue weighted by Gasteiger charge is -2.51. The van der Waals surface area contributed by atoms with Crippen molar-refractivity contribution < 1.29 is 105 Å². The van der Waals surface area contributed by atoms with E-state index in [1.807, 2.05) is 0 Å². The molecule has 4 fully saturated rings. The fraction of sp³-hybridized carbons (Fsp3) is 0.383. The minimum absolute atomic E-state index is 0.0129. The minimum atomic E-state index is -1.98. The molecule has 16 atom stereocenters. The van der Waals surface area contributed by atoms with E-state index in [9.17, 15) is 39.1 Å². The molecule has 446 valence electrons. The highest BCUT2D eigenvalue weighted by molar-refractivity contribution is 5.91. The van der Waals surface area contributed by atoms with Crippen molar-refractivity contribution in [3.8, 4) is 0 Å². The minimum Gasteiger partial charge on any atom is -0.459 e. The Hall–Kier alpha value is -8.62. The van der Waals surface area contributed by atoms with Crippen molar-refractivity contribution in [2.75, 3.05) is 26.9 Å². The molecule has 0 aliphatic carbocycles. The molecule has 5 aromatic rings. The monoisotopic (exact) mass is 1170 g/mol. The molecule has 0 saturated carbocycles. The van der Waals surface area contributed by atoms with Crippen molar-refractivity contribution in [3.63, 3.8) is 0 Å². The number of methoxy groups -OCH3 is 1. The predicted octanol–water partition coefficient (Wildman–Crippen LogP) is 6.33. The molecule has 25 nitrogen and oxygen atoms in total. The lowest BCUT2D eigenvalue weighted by molar-refractivity contribution is -0.378. The third-order valence-corrected chi connectivity index (χ3v) is 13.7. The van der Waals surface area contributed by atoms with E-state index in [2.05, 4.69) is 10.0 Å². The standard InChI is InChI=1S/C60H59N3O22/c1-33(64)75-46-43(79-59(71-4)51(77-35(3)66)49(46)76-34(2)65)32-74-58-44(62-63-61)48(45-42(78-58)31-73-57(84-45)40-28-18-9-19-29-40)85-60-52(83-56(70)39-26-16-8-17-27-39)50(82-55(69)38-24-14-7-15-25-38)47(81-54(68)37-22-12-6-13-23-37)41(80-60)30-72-53(67)36-20-10-5-11-21-36/h5-29,41-52,57-60H,30-32H2,1-4H3/t41-,42-,43-,44-,45-,46-,47+,48-,49+,50+,51-,52-,57?,58-,59+,60+/m1/s1. The van der Waals surface area contributed by atoms with Gasteiger partial charge >= 0.3 is 41.8 Å². The molecule has 4 aliphatic heterocycles. The molecule has 25 heteroatoms. The number of carbonyl (C=O) groups excluding carboxylic acids is 7. The van der Waals surface area contributed by atoms with Gasteiger partial charge in [-0.05, 0) is 54.1 Å². The number of hydrogen-bond acceptors (Lipinski definition) is 23. The van der Waals surface area contributed by atoms with E-state index in [0.717, 1.165) is 20.8 Å². The maximum Gasteiger partial charge on any atom is 0.338 e. The van der Waals surface area contributed by atoms with Crippen LogP contribution in [0.15, 0.2) is 157 Å². The van der Waals surface area contributed by atoms with Crippen LogP contribution < -0.4 is 0 Å². The van der Waals surface area contributed by atoms with Crippen LogP contribution in [0.4, 0.5) is 0 Å². The Labute approximate surface area is 486 Å². The van der Waals surface area contributed by atoms with Gasteiger partial charge in [-0.15, -0.1) is 0 Å². The second-order valence-corrected chi connectivity index (χ2v) is 19.6. The molecule has 1 unspecified atom stereocenters. The van der Waals surface area contributed by atoms with Gasteiger partial charge in [-0.1, -0.05) is 108 Å². The number of azide groups is 1. The number of esters is 7. The average molecular weight is 1170 g/mol. The lowest BCUT2D eigenvalue weighted by atomic mass is 9.94. The van der Waals surface area contributed by atoms with Gasteiger partial charge < -0.3 is 71.1 Å². The Morgan fingerprint density at radius 3 is 1.42 bits per heavy atom. The third-order valence-electron chi connectivity index (χ3n) is 13.7. The van der Waals surface area contributed by atoms with Crippen molar-refractivity contribution >= 4 is 41.8 Å². The molecule has 0 bridgehead atoms. The summed E-state index contributed by atoms with van der Waals surface area (Å²) >= 11 is 0. The topological polar surface area (TPSA) is 307 Å². The van der Waals surface area contributed by atoms with E-state index in [1.54, 1.807) is 103 Å². The molecule has 5 aromatic carbocycles. The van der Waals surface area contributed by atoms with Gasteiger partial charge in [0.2, 0.25) is 0 Å². The number of fused-ring (bicyclic) bond motifs is 1. The predicted molar refractivity (Wildman–Crippen MR) is 287 cm³/mol. The van der Waals surface area contributed by atoms with E-state index in [1.165, 1.54) is 55.6 Å². The highest BCUT2D eigenvalue weighted by atomic mass is 16.8. The van der Waals surface area contributed by atoms with E-state index < -0.39 is 153 Å². The molecule has 0 amide bonds. The quantitative estimate of drug-likeness (QED) is 0.0270. The number of hydrogen-bond donors (Lipinski definition) is 0. The van der Waals surface area contributed by atoms with Crippen LogP contribution in [0.25, 0.3) is 10.4 Å². The Morgan fingerprint density at radius 2 is 0.906 bits per heavy atom. The summed E-state index contributed by atoms with van der Waals surface area (Å²) in [5.74, 6) is -6.29. The Balaban J connectivity index is 1.14. The molecule has 85 heavy (non-hydrogen) atoms. The first-order valence-electron chi connectivity index (χ1n) is 26.8. The van der Waals surface area contributed by atoms with Crippen LogP contribution in [0.5, 0.6) is 0 Å². The van der Waals surface area contributed by atoms with Crippen LogP contribution in [-0.2, 0) is 85.4 Å². The van der Waals surface area contributed by atoms with Crippen molar-refractivity contribution in [2.24, 2.45) is 5.11 Å². The van der Waals surface area contributed by atoms with Crippen LogP contribution in [0.1, 0.15) is 74.1 Å². The van der Waals surface area contributed by atoms with Gasteiger partial charge in [-0.25, -0.2) is 19.2 Å². The summed E-state index contributed by atoms with van der Waals surface area (Å²) in [6.07, 6.45) is -23.4. The summed E-state index contributed by atoms with van der Waals surface area (Å²) in [6.45, 7) is 1.69. The normalized spacial score (nSPS) is 28.8. The maximum atomic E-state index is 14.5. The van der Waals surface area contributed by atoms with Crippen LogP contribution in [-0.4, -0.2) is 161 Å². The Bertz CT molecular complexity index is 3140. The van der Waals surface area contributed by atoms with Crippen molar-refractivity contribution in [3.05, 3.63) is 190 Å². The number of carbonyl (C=O) groups is 7. The molecular weight excluding hydrogens is 1110 g/mol. The van der Waals surface area contributed by atoms with Gasteiger partial charge in [0.1, 0.15) is 43.2 Å². The van der Waals surface area contributed by atoms with Crippen LogP contribution in [0.3, 0.4) is 0 Å².